The Kier molecular flexibility index (Phi) is 6.54. The number of nitrogens with zero attached hydrogens (tertiary/aromatic N) is 2. The van der Waals surface area contributed by atoms with Gasteiger partial charge in [0.25, 0.3) is 0 Å². The van der Waals surface area contributed by atoms with Gasteiger partial charge in [-0.2, -0.15) is 0 Å². The fourth-order valence-electron chi connectivity index (χ4n) is 3.36. The molecule has 0 aliphatic carbocycles. The highest BCUT2D eigenvalue weighted by Crippen LogP contribution is 2.23. The number of alkyl carbamates (subject to hydrolysis) is 1. The molecule has 1 amide bonds. The Bertz CT molecular complexity index is 844. The molecule has 1 aliphatic heterocycles. The lowest BCUT2D eigenvalue weighted by Crippen LogP contribution is -2.47. The van der Waals surface area contributed by atoms with Crippen LogP contribution >= 0.6 is 0 Å². The van der Waals surface area contributed by atoms with E-state index in [0.29, 0.717) is 37.3 Å². The Morgan fingerprint density at radius 1 is 1.34 bits per heavy atom. The molecule has 3 atom stereocenters. The van der Waals surface area contributed by atoms with Crippen molar-refractivity contribution in [3.63, 3.8) is 0 Å². The quantitative estimate of drug-likeness (QED) is 0.791. The van der Waals surface area contributed by atoms with E-state index in [2.05, 4.69) is 15.3 Å². The van der Waals surface area contributed by atoms with Gasteiger partial charge in [0.1, 0.15) is 5.60 Å². The number of methoxy groups -OCH3 is 1. The zero-order valence-electron chi connectivity index (χ0n) is 17.3. The molecule has 1 aliphatic rings. The second-order valence-electron chi connectivity index (χ2n) is 8.26. The Balaban J connectivity index is 1.57. The Morgan fingerprint density at radius 3 is 2.79 bits per heavy atom. The predicted molar refractivity (Wildman–Crippen MR) is 108 cm³/mol. The number of fused-ring (bicyclic) bond motifs is 1. The fourth-order valence-corrected chi connectivity index (χ4v) is 3.36. The molecule has 3 heterocycles. The molecule has 0 radical (unpaired) electrons. The summed E-state index contributed by atoms with van der Waals surface area (Å²) < 4.78 is 16.3. The number of aliphatic hydroxyl groups excluding tert-OH is 1. The van der Waals surface area contributed by atoms with Crippen LogP contribution in [0.1, 0.15) is 39.2 Å². The van der Waals surface area contributed by atoms with Gasteiger partial charge in [-0.3, -0.25) is 4.98 Å². The fraction of sp³-hybridized carbons (Fsp3) is 0.571. The predicted octanol–water partition coefficient (Wildman–Crippen LogP) is 2.61. The number of aromatic nitrogens is 2. The molecule has 0 spiro atoms. The molecule has 2 aromatic rings. The van der Waals surface area contributed by atoms with Crippen molar-refractivity contribution in [2.24, 2.45) is 0 Å². The molecule has 0 bridgehead atoms. The topological polar surface area (TPSA) is 103 Å². The first-order chi connectivity index (χ1) is 13.7. The number of ether oxygens (including phenoxy) is 3. The van der Waals surface area contributed by atoms with Gasteiger partial charge >= 0.3 is 6.09 Å². The minimum atomic E-state index is -0.684. The van der Waals surface area contributed by atoms with E-state index < -0.39 is 17.8 Å². The van der Waals surface area contributed by atoms with Crippen molar-refractivity contribution in [2.75, 3.05) is 13.7 Å². The molecular formula is C21H29N3O5. The third-order valence-corrected chi connectivity index (χ3v) is 4.74. The molecule has 0 saturated carbocycles. The van der Waals surface area contributed by atoms with Crippen LogP contribution in [0.25, 0.3) is 11.0 Å². The maximum atomic E-state index is 11.9. The minimum Gasteiger partial charge on any atom is -0.481 e. The lowest BCUT2D eigenvalue weighted by Gasteiger charge is -2.32. The van der Waals surface area contributed by atoms with E-state index in [1.807, 2.05) is 32.9 Å². The Labute approximate surface area is 170 Å². The summed E-state index contributed by atoms with van der Waals surface area (Å²) in [6.07, 6.45) is 2.02. The summed E-state index contributed by atoms with van der Waals surface area (Å²) in [7, 11) is 1.57. The van der Waals surface area contributed by atoms with Crippen molar-refractivity contribution in [2.45, 2.75) is 63.9 Å². The van der Waals surface area contributed by atoms with E-state index in [1.165, 1.54) is 0 Å². The summed E-state index contributed by atoms with van der Waals surface area (Å²) >= 11 is 0. The van der Waals surface area contributed by atoms with Gasteiger partial charge < -0.3 is 24.6 Å². The maximum Gasteiger partial charge on any atom is 0.407 e. The number of aliphatic hydroxyl groups is 1. The second-order valence-corrected chi connectivity index (χ2v) is 8.26. The lowest BCUT2D eigenvalue weighted by molar-refractivity contribution is -0.0718. The van der Waals surface area contributed by atoms with Crippen molar-refractivity contribution < 1.29 is 24.1 Å². The van der Waals surface area contributed by atoms with Crippen LogP contribution < -0.4 is 10.1 Å². The molecule has 2 N–H and O–H groups in total. The Hall–Kier alpha value is -2.45. The maximum absolute atomic E-state index is 11.9. The summed E-state index contributed by atoms with van der Waals surface area (Å²) in [5.74, 6) is 0.506. The zero-order valence-corrected chi connectivity index (χ0v) is 17.3. The lowest BCUT2D eigenvalue weighted by atomic mass is 9.96. The largest absolute Gasteiger partial charge is 0.481 e. The highest BCUT2D eigenvalue weighted by atomic mass is 16.6. The average molecular weight is 403 g/mol. The molecule has 2 aromatic heterocycles. The molecule has 8 heteroatoms. The average Bonchev–Trinajstić information content (AvgIpc) is 2.67. The van der Waals surface area contributed by atoms with Gasteiger partial charge in [0.05, 0.1) is 43.0 Å². The molecule has 29 heavy (non-hydrogen) atoms. The van der Waals surface area contributed by atoms with Crippen LogP contribution in [-0.2, 0) is 15.9 Å². The van der Waals surface area contributed by atoms with E-state index in [9.17, 15) is 9.90 Å². The Morgan fingerprint density at radius 2 is 2.14 bits per heavy atom. The van der Waals surface area contributed by atoms with Gasteiger partial charge in [-0.05, 0) is 51.3 Å². The number of nitrogens with one attached hydrogen (secondary N) is 1. The van der Waals surface area contributed by atoms with Gasteiger partial charge in [-0.1, -0.05) is 0 Å². The number of hydrogen-bond donors (Lipinski definition) is 2. The van der Waals surface area contributed by atoms with E-state index in [4.69, 9.17) is 14.2 Å². The van der Waals surface area contributed by atoms with E-state index in [0.717, 1.165) is 11.1 Å². The third-order valence-electron chi connectivity index (χ3n) is 4.74. The number of carbonyl (C=O) groups excluding carboxylic acids is 1. The number of rotatable bonds is 5. The number of carbonyl (C=O) groups is 1. The summed E-state index contributed by atoms with van der Waals surface area (Å²) in [6.45, 7) is 5.81. The van der Waals surface area contributed by atoms with Crippen LogP contribution in [0, 0.1) is 0 Å². The monoisotopic (exact) mass is 403 g/mol. The molecule has 3 rings (SSSR count). The van der Waals surface area contributed by atoms with Gasteiger partial charge in [-0.25, -0.2) is 9.78 Å². The van der Waals surface area contributed by atoms with Crippen LogP contribution in [-0.4, -0.2) is 58.7 Å². The third kappa shape index (κ3) is 5.77. The SMILES string of the molecule is COc1ccc2nccc(CC(O)C3CCC(NC(=O)OC(C)(C)C)CO3)c2n1. The minimum absolute atomic E-state index is 0.124. The van der Waals surface area contributed by atoms with Gasteiger partial charge in [0.15, 0.2) is 0 Å². The van der Waals surface area contributed by atoms with Crippen molar-refractivity contribution in [1.29, 1.82) is 0 Å². The summed E-state index contributed by atoms with van der Waals surface area (Å²) in [5, 5.41) is 13.5. The summed E-state index contributed by atoms with van der Waals surface area (Å²) in [6, 6.07) is 5.34. The van der Waals surface area contributed by atoms with Crippen molar-refractivity contribution in [1.82, 2.24) is 15.3 Å². The number of amides is 1. The van der Waals surface area contributed by atoms with Crippen molar-refractivity contribution in [3.8, 4) is 5.88 Å². The summed E-state index contributed by atoms with van der Waals surface area (Å²) in [5.41, 5.74) is 1.81. The van der Waals surface area contributed by atoms with Crippen molar-refractivity contribution >= 4 is 17.1 Å². The number of hydrogen-bond acceptors (Lipinski definition) is 7. The van der Waals surface area contributed by atoms with Crippen LogP contribution in [0.2, 0.25) is 0 Å². The second kappa shape index (κ2) is 8.92. The first-order valence-electron chi connectivity index (χ1n) is 9.83. The molecule has 1 saturated heterocycles. The number of pyridine rings is 2. The van der Waals surface area contributed by atoms with E-state index in [-0.39, 0.29) is 12.1 Å². The first-order valence-corrected chi connectivity index (χ1v) is 9.83. The zero-order chi connectivity index (χ0) is 21.0. The molecule has 158 valence electrons. The van der Waals surface area contributed by atoms with E-state index >= 15 is 0 Å². The molecule has 8 nitrogen and oxygen atoms in total. The van der Waals surface area contributed by atoms with Crippen molar-refractivity contribution in [3.05, 3.63) is 30.0 Å². The molecule has 1 fully saturated rings. The first kappa shape index (κ1) is 21.3. The van der Waals surface area contributed by atoms with Crippen LogP contribution in [0.3, 0.4) is 0 Å². The highest BCUT2D eigenvalue weighted by molar-refractivity contribution is 5.78. The van der Waals surface area contributed by atoms with Crippen LogP contribution in [0.4, 0.5) is 4.79 Å². The summed E-state index contributed by atoms with van der Waals surface area (Å²) in [4.78, 5) is 20.7. The van der Waals surface area contributed by atoms with Crippen LogP contribution in [0.5, 0.6) is 5.88 Å². The molecule has 3 unspecified atom stereocenters. The van der Waals surface area contributed by atoms with Crippen LogP contribution in [0.15, 0.2) is 24.4 Å². The smallest absolute Gasteiger partial charge is 0.407 e. The normalized spacial score (nSPS) is 20.9. The standard InChI is InChI=1S/C21H29N3O5/c1-21(2,3)29-20(26)23-14-5-7-17(28-12-14)16(25)11-13-9-10-22-15-6-8-18(27-4)24-19(13)15/h6,8-10,14,16-17,25H,5,7,11-12H2,1-4H3,(H,23,26). The van der Waals surface area contributed by atoms with Gasteiger partial charge in [0, 0.05) is 18.7 Å². The van der Waals surface area contributed by atoms with Gasteiger partial charge in [0.2, 0.25) is 5.88 Å². The highest BCUT2D eigenvalue weighted by Gasteiger charge is 2.29. The van der Waals surface area contributed by atoms with E-state index in [1.54, 1.807) is 19.4 Å². The van der Waals surface area contributed by atoms with Gasteiger partial charge in [-0.15, -0.1) is 0 Å². The molecule has 0 aromatic carbocycles. The molecular weight excluding hydrogens is 374 g/mol.